The Labute approximate surface area is 275 Å². The minimum Gasteiger partial charge on any atom is -0.488 e. The molecule has 0 spiro atoms. The van der Waals surface area contributed by atoms with Crippen LogP contribution in [0.3, 0.4) is 0 Å². The molecule has 1 saturated heterocycles. The highest BCUT2D eigenvalue weighted by Crippen LogP contribution is 2.30. The van der Waals surface area contributed by atoms with E-state index in [2.05, 4.69) is 15.6 Å². The van der Waals surface area contributed by atoms with Gasteiger partial charge in [-0.2, -0.15) is 0 Å². The molecule has 2 aliphatic heterocycles. The number of nitrogens with zero attached hydrogens (tertiary/aromatic N) is 2. The van der Waals surface area contributed by atoms with Crippen LogP contribution in [0.25, 0.3) is 22.1 Å². The number of carbonyl (C=O) groups is 3. The van der Waals surface area contributed by atoms with Gasteiger partial charge in [-0.3, -0.25) is 19.4 Å². The van der Waals surface area contributed by atoms with Gasteiger partial charge in [-0.15, -0.1) is 0 Å². The molecule has 2 atom stereocenters. The smallest absolute Gasteiger partial charge is 0.289 e. The van der Waals surface area contributed by atoms with Crippen LogP contribution in [0.5, 0.6) is 11.5 Å². The number of hydrogen-bond acceptors (Lipinski definition) is 7. The number of amides is 3. The maximum Gasteiger partial charge on any atom is 0.289 e. The van der Waals surface area contributed by atoms with E-state index in [0.717, 1.165) is 22.1 Å². The second-order valence-electron chi connectivity index (χ2n) is 12.2. The van der Waals surface area contributed by atoms with Gasteiger partial charge in [0.2, 0.25) is 0 Å². The predicted molar refractivity (Wildman–Crippen MR) is 175 cm³/mol. The molecule has 244 valence electrons. The quantitative estimate of drug-likeness (QED) is 0.251. The molecule has 5 aromatic rings. The molecule has 1 fully saturated rings. The fourth-order valence-corrected chi connectivity index (χ4v) is 6.18. The van der Waals surface area contributed by atoms with Crippen LogP contribution in [-0.4, -0.2) is 59.4 Å². The van der Waals surface area contributed by atoms with Crippen LogP contribution in [0.15, 0.2) is 83.5 Å². The first-order valence-corrected chi connectivity index (χ1v) is 15.7. The summed E-state index contributed by atoms with van der Waals surface area (Å²) in [5.74, 6) is -0.677. The number of hydrogen-bond donors (Lipinski definition) is 2. The van der Waals surface area contributed by atoms with Crippen molar-refractivity contribution < 1.29 is 32.7 Å². The number of aromatic nitrogens is 1. The van der Waals surface area contributed by atoms with E-state index in [-0.39, 0.29) is 43.0 Å². The topological polar surface area (TPSA) is 123 Å². The number of halogens is 1. The fourth-order valence-electron chi connectivity index (χ4n) is 6.18. The Hall–Kier alpha value is -5.71. The summed E-state index contributed by atoms with van der Waals surface area (Å²) < 4.78 is 32.8. The second kappa shape index (κ2) is 12.8. The molecule has 10 nitrogen and oxygen atoms in total. The van der Waals surface area contributed by atoms with E-state index < -0.39 is 23.9 Å². The number of fused-ring (bicyclic) bond motifs is 9. The summed E-state index contributed by atoms with van der Waals surface area (Å²) in [4.78, 5) is 46.1. The van der Waals surface area contributed by atoms with E-state index in [1.165, 1.54) is 18.3 Å². The van der Waals surface area contributed by atoms with Gasteiger partial charge in [0.1, 0.15) is 29.0 Å². The monoisotopic (exact) mass is 648 g/mol. The van der Waals surface area contributed by atoms with Crippen molar-refractivity contribution >= 4 is 28.7 Å². The van der Waals surface area contributed by atoms with Crippen LogP contribution < -0.4 is 20.1 Å². The Balaban J connectivity index is 1.22. The first kappa shape index (κ1) is 30.9. The van der Waals surface area contributed by atoms with Crippen molar-refractivity contribution in [1.29, 1.82) is 0 Å². The van der Waals surface area contributed by atoms with E-state index in [1.807, 2.05) is 38.1 Å². The van der Waals surface area contributed by atoms with Gasteiger partial charge < -0.3 is 29.4 Å². The fraction of sp³-hybridized carbons (Fsp3) is 0.243. The zero-order valence-electron chi connectivity index (χ0n) is 26.4. The van der Waals surface area contributed by atoms with Gasteiger partial charge in [0.05, 0.1) is 11.6 Å². The lowest BCUT2D eigenvalue weighted by molar-refractivity contribution is -0.123. The van der Waals surface area contributed by atoms with Gasteiger partial charge in [0.15, 0.2) is 12.4 Å². The van der Waals surface area contributed by atoms with E-state index in [1.54, 1.807) is 41.4 Å². The maximum atomic E-state index is 14.8. The lowest BCUT2D eigenvalue weighted by Crippen LogP contribution is -2.58. The second-order valence-corrected chi connectivity index (χ2v) is 12.2. The van der Waals surface area contributed by atoms with Gasteiger partial charge >= 0.3 is 0 Å². The average Bonchev–Trinajstić information content (AvgIpc) is 3.41. The van der Waals surface area contributed by atoms with Gasteiger partial charge in [-0.05, 0) is 67.4 Å². The molecular formula is C37H33FN4O6. The molecule has 0 radical (unpaired) electrons. The summed E-state index contributed by atoms with van der Waals surface area (Å²) in [5.41, 5.74) is 4.64. The van der Waals surface area contributed by atoms with E-state index in [9.17, 15) is 18.8 Å². The zero-order valence-corrected chi connectivity index (χ0v) is 26.4. The summed E-state index contributed by atoms with van der Waals surface area (Å²) in [6.45, 7) is 4.09. The van der Waals surface area contributed by atoms with Crippen molar-refractivity contribution in [3.63, 3.8) is 0 Å². The van der Waals surface area contributed by atoms with Crippen LogP contribution in [-0.2, 0) is 11.3 Å². The number of nitrogens with one attached hydrogen (secondary N) is 2. The summed E-state index contributed by atoms with van der Waals surface area (Å²) in [7, 11) is 0. The third kappa shape index (κ3) is 6.44. The zero-order chi connectivity index (χ0) is 33.4. The average molecular weight is 649 g/mol. The molecule has 2 aliphatic rings. The van der Waals surface area contributed by atoms with E-state index in [0.29, 0.717) is 41.0 Å². The van der Waals surface area contributed by atoms with Crippen LogP contribution >= 0.6 is 0 Å². The number of benzene rings is 3. The maximum absolute atomic E-state index is 14.8. The van der Waals surface area contributed by atoms with E-state index in [4.69, 9.17) is 13.9 Å². The van der Waals surface area contributed by atoms with Crippen molar-refractivity contribution in [2.24, 2.45) is 0 Å². The van der Waals surface area contributed by atoms with Crippen molar-refractivity contribution in [1.82, 2.24) is 20.5 Å². The summed E-state index contributed by atoms with van der Waals surface area (Å²) in [5, 5.41) is 6.68. The van der Waals surface area contributed by atoms with Crippen molar-refractivity contribution in [2.45, 2.75) is 39.0 Å². The van der Waals surface area contributed by atoms with Crippen LogP contribution in [0.4, 0.5) is 4.39 Å². The highest BCUT2D eigenvalue weighted by Gasteiger charge is 2.36. The molecule has 3 aromatic carbocycles. The molecule has 0 saturated carbocycles. The molecule has 7 rings (SSSR count). The Morgan fingerprint density at radius 2 is 1.81 bits per heavy atom. The Bertz CT molecular complexity index is 2060. The van der Waals surface area contributed by atoms with E-state index >= 15 is 0 Å². The number of piperidine rings is 1. The molecule has 48 heavy (non-hydrogen) atoms. The Kier molecular flexibility index (Phi) is 8.26. The first-order valence-electron chi connectivity index (χ1n) is 15.7. The lowest BCUT2D eigenvalue weighted by atomic mass is 10.00. The number of likely N-dealkylation sites (tertiary alicyclic amines) is 1. The standard InChI is InChI=1S/C37H33FN4O6/c1-21-6-7-32-30(10-21)22(2)35(48-32)37(45)42-9-8-33-31(19-42)41-36(44)26-13-25(17-39-18-26)24-4-3-5-28(14-24)46-20-34(43)40-16-23-11-27(38)15-29(12-23)47-33/h3-7,10-15,17-18,31,33H,8-9,16,19-20H2,1-2H3,(H,40,43)(H,41,44)/t31-,33+/m1/s1. The van der Waals surface area contributed by atoms with Gasteiger partial charge in [0.25, 0.3) is 17.7 Å². The van der Waals surface area contributed by atoms with Gasteiger partial charge in [-0.25, -0.2) is 4.39 Å². The minimum atomic E-state index is -0.670. The molecule has 0 aliphatic carbocycles. The van der Waals surface area contributed by atoms with Crippen LogP contribution in [0.2, 0.25) is 0 Å². The summed E-state index contributed by atoms with van der Waals surface area (Å²) in [6, 6.07) is 18.2. The number of ether oxygens (including phenoxy) is 2. The largest absolute Gasteiger partial charge is 0.488 e. The number of rotatable bonds is 1. The first-order chi connectivity index (χ1) is 23.2. The van der Waals surface area contributed by atoms with Crippen molar-refractivity contribution in [3.05, 3.63) is 113 Å². The number of carbonyl (C=O) groups excluding carboxylic acids is 3. The van der Waals surface area contributed by atoms with Crippen LogP contribution in [0, 0.1) is 19.7 Å². The summed E-state index contributed by atoms with van der Waals surface area (Å²) in [6.07, 6.45) is 2.84. The molecule has 0 unspecified atom stereocenters. The van der Waals surface area contributed by atoms with Crippen molar-refractivity contribution in [3.8, 4) is 22.6 Å². The SMILES string of the molecule is Cc1ccc2oc(C(=O)N3CC[C@@H]4Oc5cc(F)cc(c5)CNC(=O)COc5cccc(c5)-c5cncc(c5)C(=O)N[C@@H]4C3)c(C)c2c1. The number of pyridine rings is 1. The Morgan fingerprint density at radius 1 is 0.958 bits per heavy atom. The predicted octanol–water partition coefficient (Wildman–Crippen LogP) is 5.35. The molecule has 4 heterocycles. The molecular weight excluding hydrogens is 615 g/mol. The molecule has 6 bridgehead atoms. The minimum absolute atomic E-state index is 0.0529. The Morgan fingerprint density at radius 3 is 2.69 bits per heavy atom. The number of furan rings is 1. The highest BCUT2D eigenvalue weighted by molar-refractivity contribution is 5.99. The van der Waals surface area contributed by atoms with Gasteiger partial charge in [-0.1, -0.05) is 23.8 Å². The molecule has 2 aromatic heterocycles. The normalized spacial score (nSPS) is 18.3. The highest BCUT2D eigenvalue weighted by atomic mass is 19.1. The third-order valence-electron chi connectivity index (χ3n) is 8.68. The molecule has 3 amide bonds. The third-order valence-corrected chi connectivity index (χ3v) is 8.68. The van der Waals surface area contributed by atoms with Crippen LogP contribution in [0.1, 0.15) is 44.0 Å². The number of aryl methyl sites for hydroxylation is 2. The van der Waals surface area contributed by atoms with Gasteiger partial charge in [0, 0.05) is 61.0 Å². The van der Waals surface area contributed by atoms with Crippen molar-refractivity contribution in [2.75, 3.05) is 19.7 Å². The molecule has 11 heteroatoms. The molecule has 2 N–H and O–H groups in total. The summed E-state index contributed by atoms with van der Waals surface area (Å²) >= 11 is 0. The lowest BCUT2D eigenvalue weighted by Gasteiger charge is -2.38.